The van der Waals surface area contributed by atoms with Crippen LogP contribution in [0.15, 0.2) is 93.1 Å². The van der Waals surface area contributed by atoms with Gasteiger partial charge >= 0.3 is 0 Å². The minimum absolute atomic E-state index is 0.0860. The van der Waals surface area contributed by atoms with E-state index < -0.39 is 0 Å². The van der Waals surface area contributed by atoms with E-state index in [0.29, 0.717) is 33.5 Å². The molecule has 0 bridgehead atoms. The number of para-hydroxylation sites is 1. The average Bonchev–Trinajstić information content (AvgIpc) is 3.07. The molecule has 2 heterocycles. The lowest BCUT2D eigenvalue weighted by atomic mass is 10.1. The van der Waals surface area contributed by atoms with Crippen LogP contribution in [0.2, 0.25) is 0 Å². The van der Waals surface area contributed by atoms with Gasteiger partial charge in [0.15, 0.2) is 5.69 Å². The van der Waals surface area contributed by atoms with Crippen molar-refractivity contribution in [3.63, 3.8) is 0 Å². The lowest BCUT2D eigenvalue weighted by Crippen LogP contribution is -2.19. The van der Waals surface area contributed by atoms with Crippen LogP contribution in [0.5, 0.6) is 11.5 Å². The molecular weight excluding hydrogens is 430 g/mol. The Bertz CT molecular complexity index is 1630. The zero-order valence-corrected chi connectivity index (χ0v) is 19.0. The van der Waals surface area contributed by atoms with Crippen molar-refractivity contribution in [3.05, 3.63) is 100 Å². The second-order valence-corrected chi connectivity index (χ2v) is 7.93. The molecule has 3 aromatic carbocycles. The molecule has 0 radical (unpaired) electrons. The SMILES string of the molecule is COc1ccc(-c2cc(=Nc3c(C)n(C)n(-c4ccccc4)c3=O)c3cc(O)ccc3o2)cc1. The van der Waals surface area contributed by atoms with Gasteiger partial charge in [0.05, 0.1) is 23.8 Å². The number of phenolic OH excluding ortho intramolecular Hbond substituents is 1. The van der Waals surface area contributed by atoms with E-state index in [1.54, 1.807) is 40.7 Å². The van der Waals surface area contributed by atoms with Crippen molar-refractivity contribution in [2.75, 3.05) is 7.11 Å². The largest absolute Gasteiger partial charge is 0.508 e. The molecule has 1 N–H and O–H groups in total. The molecule has 0 saturated heterocycles. The lowest BCUT2D eigenvalue weighted by molar-refractivity contribution is 0.415. The molecule has 7 heteroatoms. The minimum Gasteiger partial charge on any atom is -0.508 e. The first-order valence-corrected chi connectivity index (χ1v) is 10.8. The Balaban J connectivity index is 1.77. The summed E-state index contributed by atoms with van der Waals surface area (Å²) < 4.78 is 14.7. The van der Waals surface area contributed by atoms with E-state index in [9.17, 15) is 9.90 Å². The zero-order chi connectivity index (χ0) is 23.8. The fraction of sp³-hybridized carbons (Fsp3) is 0.111. The van der Waals surface area contributed by atoms with Crippen molar-refractivity contribution in [3.8, 4) is 28.5 Å². The number of rotatable bonds is 4. The van der Waals surface area contributed by atoms with Gasteiger partial charge in [0.25, 0.3) is 5.56 Å². The van der Waals surface area contributed by atoms with E-state index in [1.165, 1.54) is 0 Å². The van der Waals surface area contributed by atoms with Crippen molar-refractivity contribution in [2.24, 2.45) is 12.0 Å². The van der Waals surface area contributed by atoms with Crippen LogP contribution in [0.25, 0.3) is 28.0 Å². The topological polar surface area (TPSA) is 81.9 Å². The Morgan fingerprint density at radius 3 is 2.41 bits per heavy atom. The summed E-state index contributed by atoms with van der Waals surface area (Å²) in [6.45, 7) is 1.86. The van der Waals surface area contributed by atoms with Gasteiger partial charge in [-0.3, -0.25) is 9.48 Å². The van der Waals surface area contributed by atoms with E-state index in [1.807, 2.05) is 68.6 Å². The van der Waals surface area contributed by atoms with Crippen LogP contribution in [0, 0.1) is 6.92 Å². The molecule has 0 fully saturated rings. The molecule has 0 aliphatic rings. The average molecular weight is 453 g/mol. The molecule has 0 unspecified atom stereocenters. The summed E-state index contributed by atoms with van der Waals surface area (Å²) in [6.07, 6.45) is 0. The quantitative estimate of drug-likeness (QED) is 0.422. The Hall–Kier alpha value is -4.52. The van der Waals surface area contributed by atoms with Crippen LogP contribution in [-0.4, -0.2) is 21.6 Å². The van der Waals surface area contributed by atoms with E-state index in [4.69, 9.17) is 14.1 Å². The molecular formula is C27H23N3O4. The lowest BCUT2D eigenvalue weighted by Gasteiger charge is -2.07. The first kappa shape index (κ1) is 21.3. The molecule has 2 aromatic heterocycles. The summed E-state index contributed by atoms with van der Waals surface area (Å²) in [4.78, 5) is 18.2. The van der Waals surface area contributed by atoms with Crippen LogP contribution in [0.4, 0.5) is 5.69 Å². The van der Waals surface area contributed by atoms with Gasteiger partial charge < -0.3 is 14.3 Å². The Labute approximate surface area is 195 Å². The van der Waals surface area contributed by atoms with Crippen molar-refractivity contribution in [2.45, 2.75) is 6.92 Å². The monoisotopic (exact) mass is 453 g/mol. The number of benzene rings is 3. The maximum absolute atomic E-state index is 13.4. The van der Waals surface area contributed by atoms with Gasteiger partial charge in [0.2, 0.25) is 0 Å². The second kappa shape index (κ2) is 8.44. The van der Waals surface area contributed by atoms with Gasteiger partial charge in [-0.15, -0.1) is 0 Å². The standard InChI is InChI=1S/C27H23N3O4/c1-17-26(27(32)30(29(17)2)19-7-5-4-6-8-19)28-23-16-25(18-9-12-21(33-3)13-10-18)34-24-14-11-20(31)15-22(23)24/h4-16,31H,1-3H3. The van der Waals surface area contributed by atoms with Gasteiger partial charge in [0.1, 0.15) is 22.8 Å². The number of nitrogens with zero attached hydrogens (tertiary/aromatic N) is 3. The third-order valence-electron chi connectivity index (χ3n) is 5.86. The maximum Gasteiger partial charge on any atom is 0.297 e. The first-order valence-electron chi connectivity index (χ1n) is 10.8. The number of phenols is 1. The van der Waals surface area contributed by atoms with Crippen molar-refractivity contribution in [1.29, 1.82) is 0 Å². The Morgan fingerprint density at radius 1 is 0.971 bits per heavy atom. The highest BCUT2D eigenvalue weighted by molar-refractivity contribution is 5.80. The summed E-state index contributed by atoms with van der Waals surface area (Å²) in [6, 6.07) is 23.5. The van der Waals surface area contributed by atoms with E-state index in [0.717, 1.165) is 17.0 Å². The van der Waals surface area contributed by atoms with E-state index in [2.05, 4.69) is 0 Å². The maximum atomic E-state index is 13.4. The molecule has 0 aliphatic heterocycles. The summed E-state index contributed by atoms with van der Waals surface area (Å²) in [5, 5.41) is 11.2. The molecule has 34 heavy (non-hydrogen) atoms. The summed E-state index contributed by atoms with van der Waals surface area (Å²) in [7, 11) is 3.44. The number of hydrogen-bond donors (Lipinski definition) is 1. The number of hydrogen-bond acceptors (Lipinski definition) is 5. The first-order chi connectivity index (χ1) is 16.5. The fourth-order valence-electron chi connectivity index (χ4n) is 3.95. The highest BCUT2D eigenvalue weighted by atomic mass is 16.5. The van der Waals surface area contributed by atoms with Gasteiger partial charge in [-0.2, -0.15) is 0 Å². The van der Waals surface area contributed by atoms with Crippen LogP contribution in [0.3, 0.4) is 0 Å². The van der Waals surface area contributed by atoms with Gasteiger partial charge in [-0.05, 0) is 61.5 Å². The fourth-order valence-corrected chi connectivity index (χ4v) is 3.95. The predicted molar refractivity (Wildman–Crippen MR) is 131 cm³/mol. The Morgan fingerprint density at radius 2 is 1.71 bits per heavy atom. The number of aromatic nitrogens is 2. The normalized spacial score (nSPS) is 11.8. The number of fused-ring (bicyclic) bond motifs is 1. The molecule has 0 atom stereocenters. The van der Waals surface area contributed by atoms with E-state index in [-0.39, 0.29) is 11.3 Å². The molecule has 0 spiro atoms. The number of ether oxygens (including phenoxy) is 1. The van der Waals surface area contributed by atoms with Gasteiger partial charge in [0, 0.05) is 24.1 Å². The molecule has 7 nitrogen and oxygen atoms in total. The second-order valence-electron chi connectivity index (χ2n) is 7.93. The van der Waals surface area contributed by atoms with Gasteiger partial charge in [-0.1, -0.05) is 18.2 Å². The minimum atomic E-state index is -0.230. The highest BCUT2D eigenvalue weighted by Crippen LogP contribution is 2.26. The van der Waals surface area contributed by atoms with Gasteiger partial charge in [-0.25, -0.2) is 9.67 Å². The summed E-state index contributed by atoms with van der Waals surface area (Å²) in [5.74, 6) is 1.40. The van der Waals surface area contributed by atoms with Crippen molar-refractivity contribution in [1.82, 2.24) is 9.36 Å². The van der Waals surface area contributed by atoms with Crippen LogP contribution >= 0.6 is 0 Å². The smallest absolute Gasteiger partial charge is 0.297 e. The third-order valence-corrected chi connectivity index (χ3v) is 5.86. The van der Waals surface area contributed by atoms with Crippen LogP contribution in [0.1, 0.15) is 5.69 Å². The molecule has 170 valence electrons. The van der Waals surface area contributed by atoms with Crippen molar-refractivity contribution < 1.29 is 14.3 Å². The molecule has 5 aromatic rings. The highest BCUT2D eigenvalue weighted by Gasteiger charge is 2.16. The molecule has 5 rings (SSSR count). The zero-order valence-electron chi connectivity index (χ0n) is 19.0. The van der Waals surface area contributed by atoms with Crippen LogP contribution < -0.4 is 15.7 Å². The third kappa shape index (κ3) is 3.67. The van der Waals surface area contributed by atoms with Crippen LogP contribution in [-0.2, 0) is 7.05 Å². The predicted octanol–water partition coefficient (Wildman–Crippen LogP) is 4.84. The number of methoxy groups -OCH3 is 1. The molecule has 0 aliphatic carbocycles. The summed E-state index contributed by atoms with van der Waals surface area (Å²) in [5.41, 5.74) is 2.94. The number of aromatic hydroxyl groups is 1. The summed E-state index contributed by atoms with van der Waals surface area (Å²) >= 11 is 0. The van der Waals surface area contributed by atoms with E-state index >= 15 is 0 Å². The van der Waals surface area contributed by atoms with Crippen molar-refractivity contribution >= 4 is 16.7 Å². The Kier molecular flexibility index (Phi) is 5.30. The molecule has 0 saturated carbocycles. The molecule has 0 amide bonds.